The van der Waals surface area contributed by atoms with Gasteiger partial charge in [-0.05, 0) is 30.4 Å². The summed E-state index contributed by atoms with van der Waals surface area (Å²) in [5.41, 5.74) is 1.35. The number of piperidine rings is 1. The van der Waals surface area contributed by atoms with E-state index in [1.165, 1.54) is 11.1 Å². The molecule has 0 amide bonds. The standard InChI is InChI=1S/C22H25FN2O2/c1-3-8-21(14-16(2)23)19(26)13-20(24-21)25-11-9-22(10-12-25)18-7-5-4-6-17(18)15-27-22/h3-7,13,24H,1-2,8-12,14-15H2. The van der Waals surface area contributed by atoms with Crippen molar-refractivity contribution in [2.45, 2.75) is 43.4 Å². The fourth-order valence-electron chi connectivity index (χ4n) is 4.61. The summed E-state index contributed by atoms with van der Waals surface area (Å²) < 4.78 is 19.7. The van der Waals surface area contributed by atoms with Crippen LogP contribution in [0.4, 0.5) is 4.39 Å². The molecular formula is C22H25FN2O2. The number of carbonyl (C=O) groups excluding carboxylic acids is 1. The maximum Gasteiger partial charge on any atom is 0.185 e. The summed E-state index contributed by atoms with van der Waals surface area (Å²) in [4.78, 5) is 14.8. The van der Waals surface area contributed by atoms with Crippen molar-refractivity contribution < 1.29 is 13.9 Å². The minimum absolute atomic E-state index is 0.0356. The number of rotatable bonds is 5. The predicted octanol–water partition coefficient (Wildman–Crippen LogP) is 3.71. The number of likely N-dealkylation sites (tertiary alicyclic amines) is 1. The monoisotopic (exact) mass is 368 g/mol. The molecule has 1 aromatic rings. The minimum Gasteiger partial charge on any atom is -0.365 e. The van der Waals surface area contributed by atoms with Crippen LogP contribution in [0.15, 0.2) is 61.2 Å². The lowest BCUT2D eigenvalue weighted by molar-refractivity contribution is -0.119. The summed E-state index contributed by atoms with van der Waals surface area (Å²) in [5, 5.41) is 3.28. The average molecular weight is 368 g/mol. The highest BCUT2D eigenvalue weighted by Crippen LogP contribution is 2.44. The number of ketones is 1. The van der Waals surface area contributed by atoms with Gasteiger partial charge in [0.15, 0.2) is 5.78 Å². The fraction of sp³-hybridized carbons (Fsp3) is 0.409. The van der Waals surface area contributed by atoms with Crippen molar-refractivity contribution in [3.63, 3.8) is 0 Å². The van der Waals surface area contributed by atoms with Crippen LogP contribution >= 0.6 is 0 Å². The molecule has 0 saturated carbocycles. The summed E-state index contributed by atoms with van der Waals surface area (Å²) in [6.45, 7) is 9.28. The molecule has 1 N–H and O–H groups in total. The molecule has 1 atom stereocenters. The van der Waals surface area contributed by atoms with Gasteiger partial charge in [-0.25, -0.2) is 4.39 Å². The Kier molecular flexibility index (Phi) is 4.42. The summed E-state index contributed by atoms with van der Waals surface area (Å²) in [7, 11) is 0. The molecule has 0 radical (unpaired) electrons. The van der Waals surface area contributed by atoms with Gasteiger partial charge in [0.05, 0.1) is 18.0 Å². The lowest BCUT2D eigenvalue weighted by Gasteiger charge is -2.41. The largest absolute Gasteiger partial charge is 0.365 e. The molecule has 27 heavy (non-hydrogen) atoms. The molecule has 3 aliphatic rings. The third-order valence-electron chi connectivity index (χ3n) is 6.02. The van der Waals surface area contributed by atoms with E-state index in [1.54, 1.807) is 12.2 Å². The first-order chi connectivity index (χ1) is 13.0. The Balaban J connectivity index is 1.48. The van der Waals surface area contributed by atoms with E-state index in [0.717, 1.165) is 31.8 Å². The Morgan fingerprint density at radius 1 is 1.33 bits per heavy atom. The minimum atomic E-state index is -0.992. The second-order valence-electron chi connectivity index (χ2n) is 7.71. The van der Waals surface area contributed by atoms with Gasteiger partial charge in [-0.1, -0.05) is 36.9 Å². The molecule has 1 aromatic carbocycles. The van der Waals surface area contributed by atoms with E-state index >= 15 is 0 Å². The molecule has 0 bridgehead atoms. The van der Waals surface area contributed by atoms with E-state index < -0.39 is 11.4 Å². The van der Waals surface area contributed by atoms with Gasteiger partial charge >= 0.3 is 0 Å². The zero-order chi connectivity index (χ0) is 19.1. The van der Waals surface area contributed by atoms with Crippen LogP contribution in [0.5, 0.6) is 0 Å². The number of hydrogen-bond donors (Lipinski definition) is 1. The van der Waals surface area contributed by atoms with Crippen molar-refractivity contribution >= 4 is 5.78 Å². The number of fused-ring (bicyclic) bond motifs is 2. The van der Waals surface area contributed by atoms with Crippen LogP contribution in [0, 0.1) is 0 Å². The number of nitrogens with zero attached hydrogens (tertiary/aromatic N) is 1. The zero-order valence-electron chi connectivity index (χ0n) is 15.5. The summed E-state index contributed by atoms with van der Waals surface area (Å²) >= 11 is 0. The molecule has 1 unspecified atom stereocenters. The number of ether oxygens (including phenoxy) is 1. The summed E-state index contributed by atoms with van der Waals surface area (Å²) in [6, 6.07) is 8.40. The number of hydrogen-bond acceptors (Lipinski definition) is 4. The number of halogens is 1. The molecule has 1 saturated heterocycles. The molecule has 1 spiro atoms. The van der Waals surface area contributed by atoms with Crippen molar-refractivity contribution in [2.24, 2.45) is 0 Å². The molecule has 0 aromatic heterocycles. The van der Waals surface area contributed by atoms with Crippen molar-refractivity contribution in [1.82, 2.24) is 10.2 Å². The van der Waals surface area contributed by atoms with E-state index in [1.807, 2.05) is 6.07 Å². The average Bonchev–Trinajstić information content (AvgIpc) is 3.15. The van der Waals surface area contributed by atoms with Crippen LogP contribution in [-0.2, 0) is 21.7 Å². The van der Waals surface area contributed by atoms with Crippen LogP contribution in [0.1, 0.15) is 36.8 Å². The predicted molar refractivity (Wildman–Crippen MR) is 102 cm³/mol. The molecule has 0 aliphatic carbocycles. The normalized spacial score (nSPS) is 25.9. The third kappa shape index (κ3) is 3.00. The number of carbonyl (C=O) groups is 1. The van der Waals surface area contributed by atoms with Crippen LogP contribution < -0.4 is 5.32 Å². The van der Waals surface area contributed by atoms with E-state index in [0.29, 0.717) is 13.0 Å². The van der Waals surface area contributed by atoms with E-state index in [2.05, 4.69) is 41.6 Å². The summed E-state index contributed by atoms with van der Waals surface area (Å²) in [6.07, 6.45) is 5.31. The Labute approximate surface area is 159 Å². The highest BCUT2D eigenvalue weighted by Gasteiger charge is 2.46. The van der Waals surface area contributed by atoms with Gasteiger partial charge in [0, 0.05) is 25.6 Å². The van der Waals surface area contributed by atoms with Crippen molar-refractivity contribution in [3.05, 3.63) is 72.4 Å². The molecule has 4 rings (SSSR count). The summed E-state index contributed by atoms with van der Waals surface area (Å²) in [5.74, 6) is 0.157. The number of nitrogens with one attached hydrogen (secondary N) is 1. The third-order valence-corrected chi connectivity index (χ3v) is 6.02. The van der Waals surface area contributed by atoms with Crippen LogP contribution in [0.25, 0.3) is 0 Å². The first-order valence-corrected chi connectivity index (χ1v) is 9.44. The maximum atomic E-state index is 13.5. The van der Waals surface area contributed by atoms with Gasteiger partial charge in [-0.15, -0.1) is 6.58 Å². The highest BCUT2D eigenvalue weighted by atomic mass is 19.1. The lowest BCUT2D eigenvalue weighted by atomic mass is 9.84. The van der Waals surface area contributed by atoms with Gasteiger partial charge in [0.1, 0.15) is 11.4 Å². The molecular weight excluding hydrogens is 343 g/mol. The second kappa shape index (κ2) is 6.64. The molecule has 3 heterocycles. The topological polar surface area (TPSA) is 41.6 Å². The molecule has 4 nitrogen and oxygen atoms in total. The van der Waals surface area contributed by atoms with E-state index in [-0.39, 0.29) is 17.8 Å². The lowest BCUT2D eigenvalue weighted by Crippen LogP contribution is -2.50. The zero-order valence-corrected chi connectivity index (χ0v) is 15.5. The van der Waals surface area contributed by atoms with Gasteiger partial charge in [-0.2, -0.15) is 0 Å². The fourth-order valence-corrected chi connectivity index (χ4v) is 4.61. The van der Waals surface area contributed by atoms with Crippen LogP contribution in [-0.4, -0.2) is 29.3 Å². The molecule has 5 heteroatoms. The van der Waals surface area contributed by atoms with E-state index in [4.69, 9.17) is 4.74 Å². The molecule has 142 valence electrons. The Hall–Kier alpha value is -2.40. The second-order valence-corrected chi connectivity index (χ2v) is 7.71. The first kappa shape index (κ1) is 18.0. The highest BCUT2D eigenvalue weighted by molar-refractivity contribution is 6.01. The van der Waals surface area contributed by atoms with Gasteiger partial charge in [0.25, 0.3) is 0 Å². The first-order valence-electron chi connectivity index (χ1n) is 9.44. The molecule has 3 aliphatic heterocycles. The van der Waals surface area contributed by atoms with Gasteiger partial charge in [-0.3, -0.25) is 4.79 Å². The van der Waals surface area contributed by atoms with Crippen molar-refractivity contribution in [2.75, 3.05) is 13.1 Å². The maximum absolute atomic E-state index is 13.5. The quantitative estimate of drug-likeness (QED) is 0.805. The van der Waals surface area contributed by atoms with Gasteiger partial charge < -0.3 is 15.0 Å². The van der Waals surface area contributed by atoms with Crippen LogP contribution in [0.3, 0.4) is 0 Å². The SMILES string of the molecule is C=CCC1(CC(=C)F)NC(N2CCC3(CC2)OCc2ccccc23)=CC1=O. The number of benzene rings is 1. The Morgan fingerprint density at radius 2 is 2.07 bits per heavy atom. The Bertz CT molecular complexity index is 823. The van der Waals surface area contributed by atoms with E-state index in [9.17, 15) is 9.18 Å². The Morgan fingerprint density at radius 3 is 2.78 bits per heavy atom. The molecule has 1 fully saturated rings. The van der Waals surface area contributed by atoms with Gasteiger partial charge in [0.2, 0.25) is 0 Å². The van der Waals surface area contributed by atoms with Crippen molar-refractivity contribution in [1.29, 1.82) is 0 Å². The van der Waals surface area contributed by atoms with Crippen LogP contribution in [0.2, 0.25) is 0 Å². The van der Waals surface area contributed by atoms with Crippen molar-refractivity contribution in [3.8, 4) is 0 Å². The smallest absolute Gasteiger partial charge is 0.185 e.